The van der Waals surface area contributed by atoms with Gasteiger partial charge in [0.25, 0.3) is 0 Å². The Hall–Kier alpha value is -3.32. The van der Waals surface area contributed by atoms with E-state index < -0.39 is 0 Å². The summed E-state index contributed by atoms with van der Waals surface area (Å²) in [7, 11) is 1.81. The van der Waals surface area contributed by atoms with E-state index in [0.29, 0.717) is 6.42 Å². The predicted molar refractivity (Wildman–Crippen MR) is 150 cm³/mol. The lowest BCUT2D eigenvalue weighted by molar-refractivity contribution is -0.107. The molecule has 3 N–H and O–H groups in total. The summed E-state index contributed by atoms with van der Waals surface area (Å²) in [6.45, 7) is 8.10. The molecule has 0 aliphatic heterocycles. The van der Waals surface area contributed by atoms with Gasteiger partial charge in [-0.3, -0.25) is 9.98 Å². The highest BCUT2D eigenvalue weighted by atomic mass is 32.2. The zero-order valence-electron chi connectivity index (χ0n) is 21.5. The Labute approximate surface area is 213 Å². The number of nitrogens with one attached hydrogen (secondary N) is 1. The van der Waals surface area contributed by atoms with Gasteiger partial charge in [0.15, 0.2) is 0 Å². The molecular formula is C28H36N4O2S. The standard InChI is InChI=1S/C20H19NO2S.C8H17N3/c1-14-11-15(8-10-22)4-6-19(14)23-20-7-9-21-18-5-3-16(13-24-2)12-17(18)20;1-8(2,3)11-6-7(5-9)10-4/h3-7,9-12H,8,13H2,1-2H3;5-6,10H,9H2,1-4H3/b;7-5+,11-6?. The highest BCUT2D eigenvalue weighted by Gasteiger charge is 2.08. The van der Waals surface area contributed by atoms with Gasteiger partial charge in [0.05, 0.1) is 16.8 Å². The molecule has 0 aliphatic rings. The molecular weight excluding hydrogens is 456 g/mol. The number of aldehydes is 1. The van der Waals surface area contributed by atoms with Crippen molar-refractivity contribution < 1.29 is 9.53 Å². The van der Waals surface area contributed by atoms with Gasteiger partial charge < -0.3 is 20.6 Å². The largest absolute Gasteiger partial charge is 0.456 e. The molecule has 186 valence electrons. The molecule has 0 spiro atoms. The Bertz CT molecular complexity index is 1180. The molecule has 1 heterocycles. The zero-order valence-corrected chi connectivity index (χ0v) is 22.3. The summed E-state index contributed by atoms with van der Waals surface area (Å²) in [6, 6.07) is 14.0. The van der Waals surface area contributed by atoms with Crippen LogP contribution in [-0.4, -0.2) is 36.3 Å². The number of hydrogen-bond acceptors (Lipinski definition) is 7. The lowest BCUT2D eigenvalue weighted by Crippen LogP contribution is -2.14. The first-order valence-electron chi connectivity index (χ1n) is 11.4. The average molecular weight is 493 g/mol. The highest BCUT2D eigenvalue weighted by Crippen LogP contribution is 2.32. The topological polar surface area (TPSA) is 89.6 Å². The number of carbonyl (C=O) groups excluding carboxylic acids is 1. The van der Waals surface area contributed by atoms with E-state index in [4.69, 9.17) is 10.5 Å². The Kier molecular flexibility index (Phi) is 10.8. The summed E-state index contributed by atoms with van der Waals surface area (Å²) in [5.41, 5.74) is 10.3. The van der Waals surface area contributed by atoms with Crippen molar-refractivity contribution in [3.05, 3.63) is 77.2 Å². The van der Waals surface area contributed by atoms with Crippen LogP contribution >= 0.6 is 11.8 Å². The van der Waals surface area contributed by atoms with Crippen molar-refractivity contribution in [3.63, 3.8) is 0 Å². The van der Waals surface area contributed by atoms with E-state index in [0.717, 1.165) is 51.3 Å². The van der Waals surface area contributed by atoms with Crippen LogP contribution < -0.4 is 15.8 Å². The van der Waals surface area contributed by atoms with E-state index >= 15 is 0 Å². The minimum atomic E-state index is -0.0366. The fraction of sp³-hybridized carbons (Fsp3) is 0.321. The molecule has 0 aliphatic carbocycles. The second kappa shape index (κ2) is 13.5. The molecule has 2 aromatic carbocycles. The number of pyridine rings is 1. The van der Waals surface area contributed by atoms with E-state index in [2.05, 4.69) is 33.7 Å². The number of fused-ring (bicyclic) bond motifs is 1. The van der Waals surface area contributed by atoms with Crippen LogP contribution in [-0.2, 0) is 17.0 Å². The minimum Gasteiger partial charge on any atom is -0.456 e. The van der Waals surface area contributed by atoms with Crippen LogP contribution in [0.1, 0.15) is 37.5 Å². The number of hydrogen-bond donors (Lipinski definition) is 2. The Morgan fingerprint density at radius 1 is 1.14 bits per heavy atom. The second-order valence-corrected chi connectivity index (χ2v) is 9.83. The first-order chi connectivity index (χ1) is 16.7. The monoisotopic (exact) mass is 492 g/mol. The van der Waals surface area contributed by atoms with Crippen molar-refractivity contribution in [1.82, 2.24) is 10.3 Å². The highest BCUT2D eigenvalue weighted by molar-refractivity contribution is 7.97. The zero-order chi connectivity index (χ0) is 25.8. The van der Waals surface area contributed by atoms with Crippen LogP contribution in [0.5, 0.6) is 11.5 Å². The van der Waals surface area contributed by atoms with Crippen LogP contribution in [0, 0.1) is 6.92 Å². The molecule has 3 aromatic rings. The number of rotatable bonds is 8. The van der Waals surface area contributed by atoms with Crippen LogP contribution in [0.4, 0.5) is 0 Å². The first-order valence-corrected chi connectivity index (χ1v) is 12.8. The third kappa shape index (κ3) is 9.09. The maximum atomic E-state index is 10.7. The summed E-state index contributed by atoms with van der Waals surface area (Å²) >= 11 is 1.79. The molecule has 0 amide bonds. The second-order valence-electron chi connectivity index (χ2n) is 8.97. The number of nitrogens with zero attached hydrogens (tertiary/aromatic N) is 2. The number of nitrogens with two attached hydrogens (primary N) is 1. The molecule has 0 bridgehead atoms. The number of aryl methyl sites for hydroxylation is 1. The van der Waals surface area contributed by atoms with Crippen molar-refractivity contribution in [1.29, 1.82) is 0 Å². The van der Waals surface area contributed by atoms with Crippen molar-refractivity contribution in [2.45, 2.75) is 45.4 Å². The van der Waals surface area contributed by atoms with E-state index in [9.17, 15) is 4.79 Å². The summed E-state index contributed by atoms with van der Waals surface area (Å²) in [6.07, 6.45) is 8.43. The third-order valence-electron chi connectivity index (χ3n) is 4.91. The molecule has 35 heavy (non-hydrogen) atoms. The molecule has 0 atom stereocenters. The first kappa shape index (κ1) is 27.9. The van der Waals surface area contributed by atoms with Crippen LogP contribution in [0.25, 0.3) is 10.9 Å². The van der Waals surface area contributed by atoms with Crippen LogP contribution in [0.2, 0.25) is 0 Å². The van der Waals surface area contributed by atoms with Gasteiger partial charge in [-0.25, -0.2) is 0 Å². The Balaban J connectivity index is 0.000000334. The van der Waals surface area contributed by atoms with Crippen molar-refractivity contribution in [2.24, 2.45) is 10.7 Å². The molecule has 0 fully saturated rings. The van der Waals surface area contributed by atoms with Gasteiger partial charge in [-0.2, -0.15) is 11.8 Å². The van der Waals surface area contributed by atoms with Crippen molar-refractivity contribution >= 4 is 35.2 Å². The van der Waals surface area contributed by atoms with Gasteiger partial charge in [-0.1, -0.05) is 18.2 Å². The number of thioether (sulfide) groups is 1. The van der Waals surface area contributed by atoms with Gasteiger partial charge in [-0.05, 0) is 74.9 Å². The number of allylic oxidation sites excluding steroid dienone is 1. The fourth-order valence-corrected chi connectivity index (χ4v) is 3.65. The van der Waals surface area contributed by atoms with Crippen LogP contribution in [0.3, 0.4) is 0 Å². The maximum absolute atomic E-state index is 10.7. The summed E-state index contributed by atoms with van der Waals surface area (Å²) in [5.74, 6) is 2.56. The normalized spacial score (nSPS) is 11.8. The van der Waals surface area contributed by atoms with E-state index in [1.54, 1.807) is 24.2 Å². The van der Waals surface area contributed by atoms with Gasteiger partial charge in [0.1, 0.15) is 17.8 Å². The molecule has 7 heteroatoms. The molecule has 0 radical (unpaired) electrons. The van der Waals surface area contributed by atoms with E-state index in [-0.39, 0.29) is 5.54 Å². The summed E-state index contributed by atoms with van der Waals surface area (Å²) in [4.78, 5) is 19.3. The van der Waals surface area contributed by atoms with Crippen LogP contribution in [0.15, 0.2) is 65.6 Å². The summed E-state index contributed by atoms with van der Waals surface area (Å²) < 4.78 is 6.15. The van der Waals surface area contributed by atoms with Gasteiger partial charge in [-0.15, -0.1) is 0 Å². The van der Waals surface area contributed by atoms with Gasteiger partial charge in [0.2, 0.25) is 0 Å². The van der Waals surface area contributed by atoms with E-state index in [1.807, 2.05) is 65.1 Å². The molecule has 3 rings (SSSR count). The van der Waals surface area contributed by atoms with Crippen molar-refractivity contribution in [2.75, 3.05) is 13.3 Å². The predicted octanol–water partition coefficient (Wildman–Crippen LogP) is 5.82. The molecule has 6 nitrogen and oxygen atoms in total. The third-order valence-corrected chi connectivity index (χ3v) is 5.54. The SMILES string of the molecule is CN/C(C=NC(C)(C)C)=C/N.CSCc1ccc2nccc(Oc3ccc(CC=O)cc3C)c2c1. The number of ether oxygens (including phenoxy) is 1. The lowest BCUT2D eigenvalue weighted by Gasteiger charge is -2.12. The molecule has 0 saturated heterocycles. The fourth-order valence-electron chi connectivity index (χ4n) is 3.14. The van der Waals surface area contributed by atoms with Gasteiger partial charge >= 0.3 is 0 Å². The maximum Gasteiger partial charge on any atom is 0.138 e. The smallest absolute Gasteiger partial charge is 0.138 e. The number of aromatic nitrogens is 1. The minimum absolute atomic E-state index is 0.0366. The lowest BCUT2D eigenvalue weighted by atomic mass is 10.1. The quantitative estimate of drug-likeness (QED) is 0.304. The Morgan fingerprint density at radius 2 is 1.89 bits per heavy atom. The van der Waals surface area contributed by atoms with Gasteiger partial charge in [0, 0.05) is 43.2 Å². The molecule has 1 aromatic heterocycles. The Morgan fingerprint density at radius 3 is 2.49 bits per heavy atom. The van der Waals surface area contributed by atoms with E-state index in [1.165, 1.54) is 11.8 Å². The number of carbonyl (C=O) groups is 1. The number of aliphatic imine (C=N–C) groups is 1. The average Bonchev–Trinajstić information content (AvgIpc) is 2.82. The number of benzene rings is 2. The summed E-state index contributed by atoms with van der Waals surface area (Å²) in [5, 5.41) is 3.93. The molecule has 0 saturated carbocycles. The molecule has 0 unspecified atom stereocenters. The van der Waals surface area contributed by atoms with Crippen molar-refractivity contribution in [3.8, 4) is 11.5 Å².